The molecule has 174 valence electrons. The molecular formula is C24H35N5O3. The van der Waals surface area contributed by atoms with Crippen molar-refractivity contribution < 1.29 is 9.59 Å². The largest absolute Gasteiger partial charge is 0.372 e. The Balaban J connectivity index is 1.69. The molecule has 3 rings (SSSR count). The second kappa shape index (κ2) is 9.63. The number of hydrogen-bond donors (Lipinski definition) is 1. The van der Waals surface area contributed by atoms with Crippen LogP contribution in [-0.2, 0) is 4.79 Å². The molecule has 8 nitrogen and oxygen atoms in total. The Kier molecular flexibility index (Phi) is 7.11. The van der Waals surface area contributed by atoms with E-state index >= 15 is 0 Å². The second-order valence-electron chi connectivity index (χ2n) is 9.06. The molecular weight excluding hydrogens is 406 g/mol. The summed E-state index contributed by atoms with van der Waals surface area (Å²) in [5, 5.41) is 3.06. The zero-order chi connectivity index (χ0) is 23.6. The first-order valence-corrected chi connectivity index (χ1v) is 11.3. The fourth-order valence-corrected chi connectivity index (χ4v) is 4.57. The summed E-state index contributed by atoms with van der Waals surface area (Å²) in [6.07, 6.45) is 2.27. The van der Waals surface area contributed by atoms with Crippen LogP contribution in [0.4, 0.5) is 4.79 Å². The summed E-state index contributed by atoms with van der Waals surface area (Å²) in [5.41, 5.74) is 2.02. The quantitative estimate of drug-likeness (QED) is 0.747. The molecule has 1 aliphatic rings. The Labute approximate surface area is 189 Å². The molecule has 0 radical (unpaired) electrons. The third-order valence-corrected chi connectivity index (χ3v) is 6.30. The topological polar surface area (TPSA) is 79.6 Å². The first-order valence-electron chi connectivity index (χ1n) is 11.3. The standard InChI is InChI=1S/C24H35N5O3/c1-16(2)28-21-10-7-8-11-22(21)29(24(28)32)23(31)25-20-14-17(3)27(18(4)15-20)13-9-12-26(6)19(5)30/h7-8,10-11,16,18,20H,3,9,12-15H2,1-2,4-6H3,(H,25,31). The van der Waals surface area contributed by atoms with Gasteiger partial charge >= 0.3 is 11.7 Å². The lowest BCUT2D eigenvalue weighted by atomic mass is 9.95. The van der Waals surface area contributed by atoms with E-state index in [4.69, 9.17) is 0 Å². The molecule has 0 aliphatic carbocycles. The number of para-hydroxylation sites is 2. The molecule has 0 bridgehead atoms. The Morgan fingerprint density at radius 2 is 1.91 bits per heavy atom. The highest BCUT2D eigenvalue weighted by atomic mass is 16.2. The minimum Gasteiger partial charge on any atom is -0.372 e. The van der Waals surface area contributed by atoms with Crippen molar-refractivity contribution in [3.05, 3.63) is 47.0 Å². The molecule has 1 aliphatic heterocycles. The van der Waals surface area contributed by atoms with Crippen LogP contribution in [-0.4, -0.2) is 63.1 Å². The van der Waals surface area contributed by atoms with Gasteiger partial charge in [0.15, 0.2) is 0 Å². The summed E-state index contributed by atoms with van der Waals surface area (Å²) in [7, 11) is 1.81. The van der Waals surface area contributed by atoms with E-state index in [0.29, 0.717) is 18.5 Å². The maximum Gasteiger partial charge on any atom is 0.337 e. The molecule has 1 fully saturated rings. The maximum absolute atomic E-state index is 13.1. The summed E-state index contributed by atoms with van der Waals surface area (Å²) in [6, 6.07) is 7.05. The summed E-state index contributed by atoms with van der Waals surface area (Å²) in [6.45, 7) is 13.3. The second-order valence-corrected chi connectivity index (χ2v) is 9.06. The Morgan fingerprint density at radius 3 is 2.50 bits per heavy atom. The molecule has 0 spiro atoms. The minimum atomic E-state index is -0.396. The molecule has 2 unspecified atom stereocenters. The Morgan fingerprint density at radius 1 is 1.25 bits per heavy atom. The van der Waals surface area contributed by atoms with Crippen molar-refractivity contribution in [1.82, 2.24) is 24.3 Å². The number of imidazole rings is 1. The van der Waals surface area contributed by atoms with Crippen LogP contribution in [0.1, 0.15) is 53.0 Å². The van der Waals surface area contributed by atoms with Crippen LogP contribution in [0.3, 0.4) is 0 Å². The third-order valence-electron chi connectivity index (χ3n) is 6.30. The number of piperidine rings is 1. The number of benzene rings is 1. The molecule has 2 aromatic rings. The molecule has 2 atom stereocenters. The van der Waals surface area contributed by atoms with Crippen LogP contribution in [0, 0.1) is 0 Å². The van der Waals surface area contributed by atoms with E-state index in [9.17, 15) is 14.4 Å². The maximum atomic E-state index is 13.1. The van der Waals surface area contributed by atoms with Crippen molar-refractivity contribution in [2.24, 2.45) is 0 Å². The molecule has 0 saturated carbocycles. The van der Waals surface area contributed by atoms with Crippen molar-refractivity contribution in [2.45, 2.75) is 65.1 Å². The lowest BCUT2D eigenvalue weighted by Crippen LogP contribution is -2.50. The van der Waals surface area contributed by atoms with Crippen molar-refractivity contribution in [3.63, 3.8) is 0 Å². The van der Waals surface area contributed by atoms with E-state index in [-0.39, 0.29) is 29.7 Å². The zero-order valence-electron chi connectivity index (χ0n) is 19.8. The SMILES string of the molecule is C=C1CC(NC(=O)n2c(=O)n(C(C)C)c3ccccc32)CC(C)N1CCCN(C)C(C)=O. The summed E-state index contributed by atoms with van der Waals surface area (Å²) in [5.74, 6) is 0.0624. The highest BCUT2D eigenvalue weighted by Gasteiger charge is 2.29. The smallest absolute Gasteiger partial charge is 0.337 e. The number of carbonyl (C=O) groups is 2. The van der Waals surface area contributed by atoms with Gasteiger partial charge in [-0.3, -0.25) is 9.36 Å². The van der Waals surface area contributed by atoms with Crippen LogP contribution in [0.15, 0.2) is 41.3 Å². The number of amides is 2. The summed E-state index contributed by atoms with van der Waals surface area (Å²) in [4.78, 5) is 41.5. The van der Waals surface area contributed by atoms with Gasteiger partial charge in [0.25, 0.3) is 0 Å². The van der Waals surface area contributed by atoms with Gasteiger partial charge < -0.3 is 15.1 Å². The van der Waals surface area contributed by atoms with Crippen LogP contribution in [0.5, 0.6) is 0 Å². The predicted molar refractivity (Wildman–Crippen MR) is 127 cm³/mol. The van der Waals surface area contributed by atoms with Crippen molar-refractivity contribution in [3.8, 4) is 0 Å². The van der Waals surface area contributed by atoms with Gasteiger partial charge in [-0.25, -0.2) is 14.2 Å². The van der Waals surface area contributed by atoms with Crippen LogP contribution >= 0.6 is 0 Å². The van der Waals surface area contributed by atoms with E-state index in [1.165, 1.54) is 4.57 Å². The van der Waals surface area contributed by atoms with Crippen LogP contribution in [0.25, 0.3) is 11.0 Å². The van der Waals surface area contributed by atoms with Crippen LogP contribution < -0.4 is 11.0 Å². The first kappa shape index (κ1) is 23.6. The van der Waals surface area contributed by atoms with Gasteiger partial charge in [0.1, 0.15) is 0 Å². The molecule has 1 aromatic carbocycles. The third kappa shape index (κ3) is 4.74. The number of hydrogen-bond acceptors (Lipinski definition) is 4. The Bertz CT molecular complexity index is 1070. The fraction of sp³-hybridized carbons (Fsp3) is 0.542. The van der Waals surface area contributed by atoms with Gasteiger partial charge in [0.2, 0.25) is 5.91 Å². The van der Waals surface area contributed by atoms with Gasteiger partial charge in [-0.2, -0.15) is 0 Å². The Hall–Kier alpha value is -3.03. The number of carbonyl (C=O) groups excluding carboxylic acids is 2. The fourth-order valence-electron chi connectivity index (χ4n) is 4.57. The summed E-state index contributed by atoms with van der Waals surface area (Å²) < 4.78 is 2.89. The van der Waals surface area contributed by atoms with Crippen molar-refractivity contribution in [1.29, 1.82) is 0 Å². The molecule has 8 heteroatoms. The number of nitrogens with zero attached hydrogens (tertiary/aromatic N) is 4. The lowest BCUT2D eigenvalue weighted by Gasteiger charge is -2.41. The average Bonchev–Trinajstić information content (AvgIpc) is 3.01. The van der Waals surface area contributed by atoms with Gasteiger partial charge in [-0.1, -0.05) is 18.7 Å². The van der Waals surface area contributed by atoms with Gasteiger partial charge in [0, 0.05) is 57.3 Å². The van der Waals surface area contributed by atoms with Crippen molar-refractivity contribution >= 4 is 23.0 Å². The first-order chi connectivity index (χ1) is 15.1. The number of aromatic nitrogens is 2. The molecule has 2 heterocycles. The van der Waals surface area contributed by atoms with E-state index < -0.39 is 6.03 Å². The van der Waals surface area contributed by atoms with E-state index in [0.717, 1.165) is 30.6 Å². The predicted octanol–water partition coefficient (Wildman–Crippen LogP) is 3.18. The number of rotatable bonds is 6. The summed E-state index contributed by atoms with van der Waals surface area (Å²) >= 11 is 0. The highest BCUT2D eigenvalue weighted by Crippen LogP contribution is 2.25. The number of nitrogens with one attached hydrogen (secondary N) is 1. The normalized spacial score (nSPS) is 18.9. The molecule has 2 amide bonds. The van der Waals surface area contributed by atoms with E-state index in [1.807, 2.05) is 32.0 Å². The number of fused-ring (bicyclic) bond motifs is 1. The van der Waals surface area contributed by atoms with Gasteiger partial charge in [0.05, 0.1) is 11.0 Å². The average molecular weight is 442 g/mol. The zero-order valence-corrected chi connectivity index (χ0v) is 19.8. The molecule has 1 N–H and O–H groups in total. The molecule has 1 aromatic heterocycles. The van der Waals surface area contributed by atoms with Gasteiger partial charge in [-0.15, -0.1) is 0 Å². The van der Waals surface area contributed by atoms with E-state index in [2.05, 4.69) is 23.7 Å². The monoisotopic (exact) mass is 441 g/mol. The minimum absolute atomic E-state index is 0.0495. The van der Waals surface area contributed by atoms with E-state index in [1.54, 1.807) is 29.5 Å². The lowest BCUT2D eigenvalue weighted by molar-refractivity contribution is -0.127. The van der Waals surface area contributed by atoms with Crippen LogP contribution in [0.2, 0.25) is 0 Å². The van der Waals surface area contributed by atoms with Crippen molar-refractivity contribution in [2.75, 3.05) is 20.1 Å². The molecule has 1 saturated heterocycles. The molecule has 32 heavy (non-hydrogen) atoms. The number of likely N-dealkylation sites (tertiary alicyclic amines) is 1. The van der Waals surface area contributed by atoms with Gasteiger partial charge in [-0.05, 0) is 45.7 Å². The highest BCUT2D eigenvalue weighted by molar-refractivity contribution is 5.89.